The van der Waals surface area contributed by atoms with Crippen LogP contribution in [0.3, 0.4) is 0 Å². The van der Waals surface area contributed by atoms with Crippen molar-refractivity contribution in [1.29, 1.82) is 0 Å². The van der Waals surface area contributed by atoms with Gasteiger partial charge < -0.3 is 14.8 Å². The van der Waals surface area contributed by atoms with Crippen molar-refractivity contribution in [3.05, 3.63) is 40.6 Å². The molecule has 3 rings (SSSR count). The minimum absolute atomic E-state index is 0.143. The quantitative estimate of drug-likeness (QED) is 0.944. The number of fused-ring (bicyclic) bond motifs is 1. The molecule has 1 atom stereocenters. The van der Waals surface area contributed by atoms with Crippen LogP contribution in [0.2, 0.25) is 10.0 Å². The number of anilines is 2. The van der Waals surface area contributed by atoms with E-state index in [2.05, 4.69) is 10.3 Å². The van der Waals surface area contributed by atoms with Crippen LogP contribution in [-0.4, -0.2) is 28.0 Å². The Morgan fingerprint density at radius 2 is 2.19 bits per heavy atom. The number of carbonyl (C=O) groups excluding carboxylic acids is 1. The van der Waals surface area contributed by atoms with Crippen molar-refractivity contribution in [2.45, 2.75) is 19.5 Å². The molecule has 2 heterocycles. The summed E-state index contributed by atoms with van der Waals surface area (Å²) in [5.74, 6) is 0.672. The number of hydrogen-bond acceptors (Lipinski definition) is 3. The zero-order valence-corrected chi connectivity index (χ0v) is 12.9. The molecule has 5 nitrogen and oxygen atoms in total. The molecule has 0 fully saturated rings. The molecule has 0 bridgehead atoms. The number of imidazole rings is 1. The van der Waals surface area contributed by atoms with Crippen molar-refractivity contribution >= 4 is 40.7 Å². The minimum atomic E-state index is -0.344. The van der Waals surface area contributed by atoms with Gasteiger partial charge in [-0.25, -0.2) is 4.98 Å². The monoisotopic (exact) mass is 324 g/mol. The molecule has 0 radical (unpaired) electrons. The van der Waals surface area contributed by atoms with E-state index in [0.717, 1.165) is 19.0 Å². The van der Waals surface area contributed by atoms with E-state index in [1.54, 1.807) is 24.4 Å². The Labute approximate surface area is 132 Å². The molecule has 1 aliphatic heterocycles. The highest BCUT2D eigenvalue weighted by atomic mass is 35.5. The SMILES string of the molecule is CC(C(=O)Nc1cc(Cl)ccc1Cl)N1CCn2ccnc21. The lowest BCUT2D eigenvalue weighted by atomic mass is 10.2. The first-order chi connectivity index (χ1) is 10.1. The van der Waals surface area contributed by atoms with E-state index in [0.29, 0.717) is 15.7 Å². The summed E-state index contributed by atoms with van der Waals surface area (Å²) < 4.78 is 2.02. The van der Waals surface area contributed by atoms with Gasteiger partial charge in [-0.3, -0.25) is 4.79 Å². The molecule has 1 amide bonds. The van der Waals surface area contributed by atoms with Gasteiger partial charge >= 0.3 is 0 Å². The van der Waals surface area contributed by atoms with Gasteiger partial charge in [-0.15, -0.1) is 0 Å². The number of carbonyl (C=O) groups is 1. The summed E-state index contributed by atoms with van der Waals surface area (Å²) in [6.07, 6.45) is 3.65. The van der Waals surface area contributed by atoms with Gasteiger partial charge in [-0.1, -0.05) is 23.2 Å². The van der Waals surface area contributed by atoms with Crippen molar-refractivity contribution in [2.24, 2.45) is 0 Å². The number of benzene rings is 1. The molecule has 1 aromatic heterocycles. The number of nitrogens with zero attached hydrogens (tertiary/aromatic N) is 3. The lowest BCUT2D eigenvalue weighted by Crippen LogP contribution is -2.41. The van der Waals surface area contributed by atoms with Gasteiger partial charge in [0.05, 0.1) is 10.7 Å². The highest BCUT2D eigenvalue weighted by Crippen LogP contribution is 2.27. The number of nitrogens with one attached hydrogen (secondary N) is 1. The van der Waals surface area contributed by atoms with Gasteiger partial charge in [0.15, 0.2) is 0 Å². The molecule has 0 saturated carbocycles. The summed E-state index contributed by atoms with van der Waals surface area (Å²) >= 11 is 12.0. The van der Waals surface area contributed by atoms with Crippen LogP contribution in [0.25, 0.3) is 0 Å². The Hall–Kier alpha value is -1.72. The maximum atomic E-state index is 12.4. The van der Waals surface area contributed by atoms with Gasteiger partial charge in [-0.05, 0) is 25.1 Å². The van der Waals surface area contributed by atoms with Crippen molar-refractivity contribution in [3.8, 4) is 0 Å². The molecule has 7 heteroatoms. The third kappa shape index (κ3) is 2.71. The van der Waals surface area contributed by atoms with E-state index in [-0.39, 0.29) is 11.9 Å². The molecule has 21 heavy (non-hydrogen) atoms. The second-order valence-electron chi connectivity index (χ2n) is 4.90. The van der Waals surface area contributed by atoms with Crippen LogP contribution < -0.4 is 10.2 Å². The first-order valence-electron chi connectivity index (χ1n) is 6.60. The Morgan fingerprint density at radius 3 is 3.00 bits per heavy atom. The van der Waals surface area contributed by atoms with Crippen molar-refractivity contribution in [3.63, 3.8) is 0 Å². The Balaban J connectivity index is 1.75. The van der Waals surface area contributed by atoms with Gasteiger partial charge in [-0.2, -0.15) is 0 Å². The van der Waals surface area contributed by atoms with Gasteiger partial charge in [0.1, 0.15) is 6.04 Å². The molecular formula is C14H14Cl2N4O. The number of aromatic nitrogens is 2. The first-order valence-corrected chi connectivity index (χ1v) is 7.35. The predicted octanol–water partition coefficient (Wildman–Crippen LogP) is 3.04. The van der Waals surface area contributed by atoms with E-state index in [4.69, 9.17) is 23.2 Å². The maximum absolute atomic E-state index is 12.4. The Morgan fingerprint density at radius 1 is 1.38 bits per heavy atom. The standard InChI is InChI=1S/C14H14Cl2N4O/c1-9(20-7-6-19-5-4-17-14(19)20)13(21)18-12-8-10(15)2-3-11(12)16/h2-5,8-9H,6-7H2,1H3,(H,18,21). The number of hydrogen-bond donors (Lipinski definition) is 1. The third-order valence-corrected chi connectivity index (χ3v) is 4.13. The van der Waals surface area contributed by atoms with E-state index in [1.807, 2.05) is 22.6 Å². The molecule has 1 aromatic carbocycles. The average molecular weight is 325 g/mol. The van der Waals surface area contributed by atoms with Gasteiger partial charge in [0.25, 0.3) is 0 Å². The highest BCUT2D eigenvalue weighted by molar-refractivity contribution is 6.35. The number of rotatable bonds is 3. The van der Waals surface area contributed by atoms with E-state index < -0.39 is 0 Å². The van der Waals surface area contributed by atoms with E-state index >= 15 is 0 Å². The summed E-state index contributed by atoms with van der Waals surface area (Å²) in [7, 11) is 0. The highest BCUT2D eigenvalue weighted by Gasteiger charge is 2.29. The molecule has 110 valence electrons. The van der Waals surface area contributed by atoms with E-state index in [1.165, 1.54) is 0 Å². The average Bonchev–Trinajstić information content (AvgIpc) is 3.04. The van der Waals surface area contributed by atoms with Crippen LogP contribution in [0.1, 0.15) is 6.92 Å². The summed E-state index contributed by atoms with van der Waals surface area (Å²) in [6.45, 7) is 3.45. The fourth-order valence-electron chi connectivity index (χ4n) is 2.39. The zero-order valence-electron chi connectivity index (χ0n) is 11.4. The molecule has 1 N–H and O–H groups in total. The third-order valence-electron chi connectivity index (χ3n) is 3.57. The number of halogens is 2. The van der Waals surface area contributed by atoms with Crippen LogP contribution in [0, 0.1) is 0 Å². The Bertz CT molecular complexity index is 685. The van der Waals surface area contributed by atoms with Gasteiger partial charge in [0.2, 0.25) is 11.9 Å². The largest absolute Gasteiger partial charge is 0.329 e. The minimum Gasteiger partial charge on any atom is -0.329 e. The summed E-state index contributed by atoms with van der Waals surface area (Å²) in [5, 5.41) is 3.80. The first kappa shape index (κ1) is 14.2. The Kier molecular flexibility index (Phi) is 3.78. The second kappa shape index (κ2) is 5.58. The smallest absolute Gasteiger partial charge is 0.246 e. The maximum Gasteiger partial charge on any atom is 0.246 e. The summed E-state index contributed by atoms with van der Waals surface area (Å²) in [6, 6.07) is 4.63. The molecule has 0 saturated heterocycles. The predicted molar refractivity (Wildman–Crippen MR) is 84.1 cm³/mol. The van der Waals surface area contributed by atoms with E-state index in [9.17, 15) is 4.79 Å². The molecular weight excluding hydrogens is 311 g/mol. The second-order valence-corrected chi connectivity index (χ2v) is 5.75. The van der Waals surface area contributed by atoms with Crippen LogP contribution in [0.15, 0.2) is 30.6 Å². The normalized spacial score (nSPS) is 14.9. The lowest BCUT2D eigenvalue weighted by molar-refractivity contribution is -0.117. The molecule has 1 aliphatic rings. The van der Waals surface area contributed by atoms with Crippen LogP contribution >= 0.6 is 23.2 Å². The molecule has 2 aromatic rings. The van der Waals surface area contributed by atoms with Crippen LogP contribution in [-0.2, 0) is 11.3 Å². The van der Waals surface area contributed by atoms with Crippen molar-refractivity contribution in [2.75, 3.05) is 16.8 Å². The molecule has 0 aliphatic carbocycles. The van der Waals surface area contributed by atoms with Gasteiger partial charge in [0, 0.05) is 30.5 Å². The zero-order chi connectivity index (χ0) is 15.0. The van der Waals surface area contributed by atoms with Crippen molar-refractivity contribution in [1.82, 2.24) is 9.55 Å². The van der Waals surface area contributed by atoms with Crippen LogP contribution in [0.5, 0.6) is 0 Å². The fraction of sp³-hybridized carbons (Fsp3) is 0.286. The number of amides is 1. The van der Waals surface area contributed by atoms with Crippen LogP contribution in [0.4, 0.5) is 11.6 Å². The lowest BCUT2D eigenvalue weighted by Gasteiger charge is -2.23. The summed E-state index contributed by atoms with van der Waals surface area (Å²) in [4.78, 5) is 18.7. The fourth-order valence-corrected chi connectivity index (χ4v) is 2.73. The molecule has 0 spiro atoms. The topological polar surface area (TPSA) is 50.2 Å². The molecule has 1 unspecified atom stereocenters. The van der Waals surface area contributed by atoms with Crippen molar-refractivity contribution < 1.29 is 4.79 Å². The summed E-state index contributed by atoms with van der Waals surface area (Å²) in [5.41, 5.74) is 0.517.